The quantitative estimate of drug-likeness (QED) is 0.774. The van der Waals surface area contributed by atoms with Crippen LogP contribution < -0.4 is 15.2 Å². The molecular formula is C11H15NO2. The molecule has 0 bridgehead atoms. The van der Waals surface area contributed by atoms with Gasteiger partial charge in [0.2, 0.25) is 0 Å². The van der Waals surface area contributed by atoms with E-state index in [1.54, 1.807) is 7.11 Å². The average Bonchev–Trinajstić information content (AvgIpc) is 2.52. The van der Waals surface area contributed by atoms with Crippen molar-refractivity contribution in [2.24, 2.45) is 5.73 Å². The lowest BCUT2D eigenvalue weighted by Crippen LogP contribution is -2.21. The van der Waals surface area contributed by atoms with E-state index < -0.39 is 0 Å². The Morgan fingerprint density at radius 1 is 1.50 bits per heavy atom. The maximum Gasteiger partial charge on any atom is 0.165 e. The standard InChI is InChI=1S/C11H15NO2/c1-7-9(6-12)8-4-3-5-10(13-2)11(8)14-7/h3-5,7,9H,6,12H2,1-2H3. The van der Waals surface area contributed by atoms with Gasteiger partial charge in [-0.2, -0.15) is 0 Å². The minimum absolute atomic E-state index is 0.145. The molecule has 1 aromatic rings. The molecule has 14 heavy (non-hydrogen) atoms. The summed E-state index contributed by atoms with van der Waals surface area (Å²) in [5.74, 6) is 1.95. The molecule has 1 aliphatic rings. The predicted octanol–water partition coefficient (Wildman–Crippen LogP) is 1.52. The van der Waals surface area contributed by atoms with Crippen LogP contribution in [-0.4, -0.2) is 19.8 Å². The van der Waals surface area contributed by atoms with Crippen molar-refractivity contribution in [3.05, 3.63) is 23.8 Å². The number of rotatable bonds is 2. The summed E-state index contributed by atoms with van der Waals surface area (Å²) >= 11 is 0. The largest absolute Gasteiger partial charge is 0.493 e. The lowest BCUT2D eigenvalue weighted by Gasteiger charge is -2.10. The van der Waals surface area contributed by atoms with E-state index in [1.807, 2.05) is 19.1 Å². The molecule has 1 aliphatic heterocycles. The predicted molar refractivity (Wildman–Crippen MR) is 54.9 cm³/mol. The first-order valence-corrected chi connectivity index (χ1v) is 4.81. The molecule has 76 valence electrons. The number of para-hydroxylation sites is 1. The zero-order valence-electron chi connectivity index (χ0n) is 8.49. The fourth-order valence-electron chi connectivity index (χ4n) is 1.95. The number of nitrogens with two attached hydrogens (primary N) is 1. The first-order chi connectivity index (χ1) is 6.77. The van der Waals surface area contributed by atoms with Crippen LogP contribution in [0.15, 0.2) is 18.2 Å². The van der Waals surface area contributed by atoms with E-state index in [0.29, 0.717) is 12.5 Å². The van der Waals surface area contributed by atoms with Gasteiger partial charge in [0.25, 0.3) is 0 Å². The molecule has 0 aromatic heterocycles. The number of fused-ring (bicyclic) bond motifs is 1. The van der Waals surface area contributed by atoms with Gasteiger partial charge in [-0.1, -0.05) is 12.1 Å². The average molecular weight is 193 g/mol. The van der Waals surface area contributed by atoms with Crippen LogP contribution >= 0.6 is 0 Å². The Morgan fingerprint density at radius 3 is 2.93 bits per heavy atom. The molecule has 0 fully saturated rings. The van der Waals surface area contributed by atoms with Gasteiger partial charge < -0.3 is 15.2 Å². The third-order valence-electron chi connectivity index (χ3n) is 2.75. The molecular weight excluding hydrogens is 178 g/mol. The second kappa shape index (κ2) is 3.50. The van der Waals surface area contributed by atoms with E-state index in [-0.39, 0.29) is 6.10 Å². The summed E-state index contributed by atoms with van der Waals surface area (Å²) in [5.41, 5.74) is 6.88. The van der Waals surface area contributed by atoms with Gasteiger partial charge in [0, 0.05) is 18.0 Å². The molecule has 2 rings (SSSR count). The van der Waals surface area contributed by atoms with Crippen molar-refractivity contribution in [1.82, 2.24) is 0 Å². The van der Waals surface area contributed by atoms with Crippen molar-refractivity contribution in [1.29, 1.82) is 0 Å². The summed E-state index contributed by atoms with van der Waals surface area (Å²) in [4.78, 5) is 0. The van der Waals surface area contributed by atoms with E-state index in [1.165, 1.54) is 5.56 Å². The van der Waals surface area contributed by atoms with E-state index in [2.05, 4.69) is 6.07 Å². The summed E-state index contributed by atoms with van der Waals surface area (Å²) in [6.07, 6.45) is 0.145. The normalized spacial score (nSPS) is 24.2. The summed E-state index contributed by atoms with van der Waals surface area (Å²) in [7, 11) is 1.65. The Kier molecular flexibility index (Phi) is 2.33. The third kappa shape index (κ3) is 1.24. The van der Waals surface area contributed by atoms with Gasteiger partial charge >= 0.3 is 0 Å². The highest BCUT2D eigenvalue weighted by atomic mass is 16.5. The number of methoxy groups -OCH3 is 1. The molecule has 0 radical (unpaired) electrons. The van der Waals surface area contributed by atoms with Gasteiger partial charge in [-0.25, -0.2) is 0 Å². The highest BCUT2D eigenvalue weighted by Crippen LogP contribution is 2.43. The molecule has 0 spiro atoms. The van der Waals surface area contributed by atoms with Crippen molar-refractivity contribution >= 4 is 0 Å². The molecule has 0 saturated heterocycles. The summed E-state index contributed by atoms with van der Waals surface area (Å²) in [6.45, 7) is 2.65. The lowest BCUT2D eigenvalue weighted by atomic mass is 9.96. The van der Waals surface area contributed by atoms with Crippen molar-refractivity contribution in [2.75, 3.05) is 13.7 Å². The van der Waals surface area contributed by atoms with Crippen LogP contribution in [0.2, 0.25) is 0 Å². The zero-order valence-corrected chi connectivity index (χ0v) is 8.49. The molecule has 2 N–H and O–H groups in total. The number of benzene rings is 1. The van der Waals surface area contributed by atoms with Crippen molar-refractivity contribution in [3.63, 3.8) is 0 Å². The van der Waals surface area contributed by atoms with Crippen LogP contribution in [0, 0.1) is 0 Å². The minimum Gasteiger partial charge on any atom is -0.493 e. The summed E-state index contributed by atoms with van der Waals surface area (Å²) in [6, 6.07) is 5.94. The van der Waals surface area contributed by atoms with E-state index in [0.717, 1.165) is 11.5 Å². The van der Waals surface area contributed by atoms with Crippen LogP contribution in [0.25, 0.3) is 0 Å². The smallest absolute Gasteiger partial charge is 0.165 e. The third-order valence-corrected chi connectivity index (χ3v) is 2.75. The zero-order chi connectivity index (χ0) is 10.1. The Morgan fingerprint density at radius 2 is 2.29 bits per heavy atom. The van der Waals surface area contributed by atoms with E-state index in [4.69, 9.17) is 15.2 Å². The second-order valence-electron chi connectivity index (χ2n) is 3.54. The van der Waals surface area contributed by atoms with Gasteiger partial charge in [-0.15, -0.1) is 0 Å². The van der Waals surface area contributed by atoms with E-state index >= 15 is 0 Å². The lowest BCUT2D eigenvalue weighted by molar-refractivity contribution is 0.220. The van der Waals surface area contributed by atoms with E-state index in [9.17, 15) is 0 Å². The highest BCUT2D eigenvalue weighted by molar-refractivity contribution is 5.51. The Hall–Kier alpha value is -1.22. The molecule has 1 aromatic carbocycles. The summed E-state index contributed by atoms with van der Waals surface area (Å²) < 4.78 is 11.0. The van der Waals surface area contributed by atoms with Crippen LogP contribution in [0.1, 0.15) is 18.4 Å². The highest BCUT2D eigenvalue weighted by Gasteiger charge is 2.32. The number of hydrogen-bond donors (Lipinski definition) is 1. The summed E-state index contributed by atoms with van der Waals surface area (Å²) in [5, 5.41) is 0. The maximum atomic E-state index is 5.73. The van der Waals surface area contributed by atoms with Gasteiger partial charge in [-0.05, 0) is 13.0 Å². The maximum absolute atomic E-state index is 5.73. The molecule has 0 aliphatic carbocycles. The second-order valence-corrected chi connectivity index (χ2v) is 3.54. The molecule has 1 heterocycles. The SMILES string of the molecule is COc1cccc2c1OC(C)C2CN. The fraction of sp³-hybridized carbons (Fsp3) is 0.455. The van der Waals surface area contributed by atoms with Crippen LogP contribution in [0.4, 0.5) is 0 Å². The first-order valence-electron chi connectivity index (χ1n) is 4.81. The Bertz CT molecular complexity index is 338. The van der Waals surface area contributed by atoms with Gasteiger partial charge in [0.15, 0.2) is 11.5 Å². The molecule has 3 heteroatoms. The number of hydrogen-bond acceptors (Lipinski definition) is 3. The van der Waals surface area contributed by atoms with Crippen LogP contribution in [-0.2, 0) is 0 Å². The Balaban J connectivity index is 2.45. The molecule has 0 amide bonds. The monoisotopic (exact) mass is 193 g/mol. The van der Waals surface area contributed by atoms with Crippen molar-refractivity contribution in [3.8, 4) is 11.5 Å². The molecule has 0 saturated carbocycles. The minimum atomic E-state index is 0.145. The molecule has 2 unspecified atom stereocenters. The van der Waals surface area contributed by atoms with Gasteiger partial charge in [0.05, 0.1) is 7.11 Å². The van der Waals surface area contributed by atoms with Crippen LogP contribution in [0.3, 0.4) is 0 Å². The number of ether oxygens (including phenoxy) is 2. The van der Waals surface area contributed by atoms with Crippen molar-refractivity contribution < 1.29 is 9.47 Å². The Labute approximate surface area is 83.8 Å². The van der Waals surface area contributed by atoms with Gasteiger partial charge in [0.1, 0.15) is 6.10 Å². The van der Waals surface area contributed by atoms with Crippen LogP contribution in [0.5, 0.6) is 11.5 Å². The van der Waals surface area contributed by atoms with Gasteiger partial charge in [-0.3, -0.25) is 0 Å². The fourth-order valence-corrected chi connectivity index (χ4v) is 1.95. The topological polar surface area (TPSA) is 44.5 Å². The first kappa shape index (κ1) is 9.34. The molecule has 3 nitrogen and oxygen atoms in total. The van der Waals surface area contributed by atoms with Crippen molar-refractivity contribution in [2.45, 2.75) is 18.9 Å². The molecule has 2 atom stereocenters.